The lowest BCUT2D eigenvalue weighted by Gasteiger charge is -2.15. The summed E-state index contributed by atoms with van der Waals surface area (Å²) in [5.74, 6) is -0.465. The van der Waals surface area contributed by atoms with Crippen molar-refractivity contribution in [2.45, 2.75) is 40.3 Å². The molecule has 0 unspecified atom stereocenters. The average Bonchev–Trinajstić information content (AvgIpc) is 3.08. The van der Waals surface area contributed by atoms with Gasteiger partial charge in [-0.05, 0) is 39.3 Å². The van der Waals surface area contributed by atoms with Crippen LogP contribution in [0.3, 0.4) is 0 Å². The fourth-order valence-electron chi connectivity index (χ4n) is 3.13. The maximum absolute atomic E-state index is 13.0. The van der Waals surface area contributed by atoms with Gasteiger partial charge in [-0.15, -0.1) is 0 Å². The number of carbonyl (C=O) groups excluding carboxylic acids is 1. The first kappa shape index (κ1) is 18.6. The Kier molecular flexibility index (Phi) is 4.98. The molecule has 3 aromatic rings. The van der Waals surface area contributed by atoms with Gasteiger partial charge in [0, 0.05) is 6.54 Å². The second-order valence-electron chi connectivity index (χ2n) is 6.21. The van der Waals surface area contributed by atoms with Crippen LogP contribution in [0.25, 0.3) is 16.9 Å². The molecule has 1 aromatic carbocycles. The largest absolute Gasteiger partial charge is 0.464 e. The molecule has 8 heteroatoms. The molecule has 0 radical (unpaired) electrons. The first-order chi connectivity index (χ1) is 12.9. The van der Waals surface area contributed by atoms with Gasteiger partial charge in [-0.25, -0.2) is 19.1 Å². The molecule has 0 aliphatic rings. The van der Waals surface area contributed by atoms with Crippen LogP contribution in [0.5, 0.6) is 0 Å². The Labute approximate surface area is 155 Å². The van der Waals surface area contributed by atoms with E-state index in [0.717, 1.165) is 10.1 Å². The van der Waals surface area contributed by atoms with Gasteiger partial charge in [0.15, 0.2) is 11.2 Å². The SMILES string of the molecule is CCOC(=O)[C@@H](C)n1cnc2c1c(=O)n(CC)c(=O)n2-c1ccccc1C. The van der Waals surface area contributed by atoms with Crippen molar-refractivity contribution >= 4 is 17.1 Å². The normalized spacial score (nSPS) is 12.3. The van der Waals surface area contributed by atoms with E-state index in [9.17, 15) is 14.4 Å². The molecule has 142 valence electrons. The third kappa shape index (κ3) is 2.97. The van der Waals surface area contributed by atoms with Crippen LogP contribution in [0.4, 0.5) is 0 Å². The van der Waals surface area contributed by atoms with Crippen molar-refractivity contribution in [2.75, 3.05) is 6.61 Å². The molecule has 0 bridgehead atoms. The van der Waals surface area contributed by atoms with E-state index in [1.165, 1.54) is 15.5 Å². The molecule has 8 nitrogen and oxygen atoms in total. The summed E-state index contributed by atoms with van der Waals surface area (Å²) in [7, 11) is 0. The summed E-state index contributed by atoms with van der Waals surface area (Å²) >= 11 is 0. The predicted molar refractivity (Wildman–Crippen MR) is 101 cm³/mol. The van der Waals surface area contributed by atoms with E-state index in [-0.39, 0.29) is 24.3 Å². The van der Waals surface area contributed by atoms with E-state index in [1.54, 1.807) is 26.8 Å². The lowest BCUT2D eigenvalue weighted by Crippen LogP contribution is -2.40. The van der Waals surface area contributed by atoms with Gasteiger partial charge in [-0.2, -0.15) is 0 Å². The topological polar surface area (TPSA) is 88.1 Å². The molecular formula is C19H22N4O4. The Hall–Kier alpha value is -3.16. The van der Waals surface area contributed by atoms with E-state index < -0.39 is 23.3 Å². The first-order valence-corrected chi connectivity index (χ1v) is 8.87. The highest BCUT2D eigenvalue weighted by atomic mass is 16.5. The van der Waals surface area contributed by atoms with Crippen molar-refractivity contribution in [3.63, 3.8) is 0 Å². The summed E-state index contributed by atoms with van der Waals surface area (Å²) in [6.07, 6.45) is 1.40. The lowest BCUT2D eigenvalue weighted by atomic mass is 10.2. The number of para-hydroxylation sites is 1. The summed E-state index contributed by atoms with van der Waals surface area (Å²) in [5, 5.41) is 0. The Morgan fingerprint density at radius 2 is 1.93 bits per heavy atom. The first-order valence-electron chi connectivity index (χ1n) is 8.87. The van der Waals surface area contributed by atoms with Gasteiger partial charge in [0.25, 0.3) is 5.56 Å². The van der Waals surface area contributed by atoms with Gasteiger partial charge in [0.1, 0.15) is 6.04 Å². The van der Waals surface area contributed by atoms with Crippen LogP contribution in [-0.2, 0) is 16.1 Å². The van der Waals surface area contributed by atoms with Crippen molar-refractivity contribution < 1.29 is 9.53 Å². The number of esters is 1. The number of aromatic nitrogens is 4. The number of imidazole rings is 1. The standard InChI is InChI=1S/C19H22N4O4/c1-5-21-17(24)15-16(20-11-22(15)13(4)18(25)27-6-2)23(19(21)26)14-10-8-7-9-12(14)3/h7-11,13H,5-6H2,1-4H3/t13-/m1/s1. The molecule has 0 aliphatic carbocycles. The van der Waals surface area contributed by atoms with Gasteiger partial charge in [-0.3, -0.25) is 9.36 Å². The molecular weight excluding hydrogens is 348 g/mol. The van der Waals surface area contributed by atoms with Crippen molar-refractivity contribution in [2.24, 2.45) is 0 Å². The zero-order valence-electron chi connectivity index (χ0n) is 15.8. The van der Waals surface area contributed by atoms with Gasteiger partial charge >= 0.3 is 11.7 Å². The Bertz CT molecular complexity index is 1120. The number of nitrogens with zero attached hydrogens (tertiary/aromatic N) is 4. The molecule has 1 atom stereocenters. The molecule has 27 heavy (non-hydrogen) atoms. The maximum atomic E-state index is 13.0. The number of rotatable bonds is 5. The average molecular weight is 370 g/mol. The number of fused-ring (bicyclic) bond motifs is 1. The molecule has 0 spiro atoms. The lowest BCUT2D eigenvalue weighted by molar-refractivity contribution is -0.146. The second-order valence-corrected chi connectivity index (χ2v) is 6.21. The molecule has 2 aromatic heterocycles. The molecule has 0 amide bonds. The van der Waals surface area contributed by atoms with E-state index >= 15 is 0 Å². The number of aryl methyl sites for hydroxylation is 1. The van der Waals surface area contributed by atoms with Crippen LogP contribution in [0.1, 0.15) is 32.4 Å². The summed E-state index contributed by atoms with van der Waals surface area (Å²) in [6.45, 7) is 7.41. The highest BCUT2D eigenvalue weighted by molar-refractivity contribution is 5.79. The van der Waals surface area contributed by atoms with Gasteiger partial charge in [-0.1, -0.05) is 18.2 Å². The number of hydrogen-bond acceptors (Lipinski definition) is 5. The van der Waals surface area contributed by atoms with Gasteiger partial charge < -0.3 is 9.30 Å². The zero-order chi connectivity index (χ0) is 19.7. The minimum Gasteiger partial charge on any atom is -0.464 e. The molecule has 0 aliphatic heterocycles. The van der Waals surface area contributed by atoms with E-state index in [1.807, 2.05) is 25.1 Å². The van der Waals surface area contributed by atoms with Crippen molar-refractivity contribution in [3.05, 3.63) is 57.0 Å². The van der Waals surface area contributed by atoms with E-state index in [4.69, 9.17) is 4.74 Å². The second kappa shape index (κ2) is 7.22. The third-order valence-corrected chi connectivity index (χ3v) is 4.57. The van der Waals surface area contributed by atoms with Gasteiger partial charge in [0.05, 0.1) is 18.6 Å². The minimum atomic E-state index is -0.740. The monoisotopic (exact) mass is 370 g/mol. The molecule has 0 saturated carbocycles. The Balaban J connectivity index is 2.39. The smallest absolute Gasteiger partial charge is 0.337 e. The minimum absolute atomic E-state index is 0.195. The van der Waals surface area contributed by atoms with Crippen LogP contribution in [0, 0.1) is 6.92 Å². The molecule has 0 fully saturated rings. The number of carbonyl (C=O) groups is 1. The third-order valence-electron chi connectivity index (χ3n) is 4.57. The van der Waals surface area contributed by atoms with Gasteiger partial charge in [0.2, 0.25) is 0 Å². The zero-order valence-corrected chi connectivity index (χ0v) is 15.8. The van der Waals surface area contributed by atoms with Crippen molar-refractivity contribution in [1.82, 2.24) is 18.7 Å². The van der Waals surface area contributed by atoms with E-state index in [0.29, 0.717) is 5.69 Å². The fourth-order valence-corrected chi connectivity index (χ4v) is 3.13. The van der Waals surface area contributed by atoms with Crippen LogP contribution < -0.4 is 11.2 Å². The Morgan fingerprint density at radius 3 is 2.56 bits per heavy atom. The summed E-state index contributed by atoms with van der Waals surface area (Å²) in [5.41, 5.74) is 0.994. The molecule has 0 saturated heterocycles. The van der Waals surface area contributed by atoms with Crippen LogP contribution >= 0.6 is 0 Å². The summed E-state index contributed by atoms with van der Waals surface area (Å²) in [6, 6.07) is 6.64. The fraction of sp³-hybridized carbons (Fsp3) is 0.368. The number of hydrogen-bond donors (Lipinski definition) is 0. The summed E-state index contributed by atoms with van der Waals surface area (Å²) in [4.78, 5) is 42.4. The number of benzene rings is 1. The Morgan fingerprint density at radius 1 is 1.22 bits per heavy atom. The van der Waals surface area contributed by atoms with Crippen LogP contribution in [0.2, 0.25) is 0 Å². The van der Waals surface area contributed by atoms with Crippen molar-refractivity contribution in [1.29, 1.82) is 0 Å². The van der Waals surface area contributed by atoms with Crippen LogP contribution in [-0.4, -0.2) is 31.3 Å². The number of ether oxygens (including phenoxy) is 1. The highest BCUT2D eigenvalue weighted by Crippen LogP contribution is 2.19. The van der Waals surface area contributed by atoms with Crippen molar-refractivity contribution in [3.8, 4) is 5.69 Å². The quantitative estimate of drug-likeness (QED) is 0.639. The maximum Gasteiger partial charge on any atom is 0.337 e. The van der Waals surface area contributed by atoms with E-state index in [2.05, 4.69) is 4.98 Å². The molecule has 2 heterocycles. The van der Waals surface area contributed by atoms with Crippen LogP contribution in [0.15, 0.2) is 40.2 Å². The predicted octanol–water partition coefficient (Wildman–Crippen LogP) is 1.80. The molecule has 0 N–H and O–H groups in total. The molecule has 3 rings (SSSR count). The highest BCUT2D eigenvalue weighted by Gasteiger charge is 2.24. The summed E-state index contributed by atoms with van der Waals surface area (Å²) < 4.78 is 9.10.